The van der Waals surface area contributed by atoms with E-state index in [1.807, 2.05) is 0 Å². The molecule has 1 aromatic carbocycles. The first kappa shape index (κ1) is 10.9. The zero-order valence-corrected chi connectivity index (χ0v) is 10.9. The van der Waals surface area contributed by atoms with E-state index < -0.39 is 0 Å². The van der Waals surface area contributed by atoms with Crippen molar-refractivity contribution in [1.29, 1.82) is 0 Å². The van der Waals surface area contributed by atoms with E-state index in [4.69, 9.17) is 0 Å². The van der Waals surface area contributed by atoms with E-state index in [0.29, 0.717) is 5.16 Å². The highest BCUT2D eigenvalue weighted by Gasteiger charge is 2.56. The first-order valence-electron chi connectivity index (χ1n) is 5.53. The Morgan fingerprint density at radius 1 is 1.20 bits per heavy atom. The minimum absolute atomic E-state index is 0.0388. The molecule has 0 amide bonds. The van der Waals surface area contributed by atoms with Crippen LogP contribution in [0.2, 0.25) is 0 Å². The van der Waals surface area contributed by atoms with Gasteiger partial charge in [-0.25, -0.2) is 0 Å². The minimum atomic E-state index is 0.0388. The molecule has 2 rings (SSSR count). The maximum absolute atomic E-state index is 2.46. The Labute approximate surface area is 94.2 Å². The Morgan fingerprint density at radius 2 is 1.80 bits per heavy atom. The Kier molecular flexibility index (Phi) is 2.73. The highest BCUT2D eigenvalue weighted by atomic mass is 31.1. The molecule has 0 bridgehead atoms. The van der Waals surface area contributed by atoms with Crippen LogP contribution < -0.4 is 5.30 Å². The van der Waals surface area contributed by atoms with Gasteiger partial charge in [-0.3, -0.25) is 0 Å². The van der Waals surface area contributed by atoms with Crippen LogP contribution in [0.4, 0.5) is 0 Å². The molecule has 0 aromatic heterocycles. The average molecular weight is 218 g/mol. The summed E-state index contributed by atoms with van der Waals surface area (Å²) in [4.78, 5) is 0. The molecule has 1 aliphatic heterocycles. The molecule has 0 N–H and O–H groups in total. The van der Waals surface area contributed by atoms with Gasteiger partial charge >= 0.3 is 0 Å². The van der Waals surface area contributed by atoms with Crippen LogP contribution in [-0.4, -0.2) is 10.8 Å². The van der Waals surface area contributed by atoms with E-state index in [0.717, 1.165) is 5.66 Å². The molecule has 0 nitrogen and oxygen atoms in total. The van der Waals surface area contributed by atoms with Crippen molar-refractivity contribution in [2.45, 2.75) is 38.5 Å². The van der Waals surface area contributed by atoms with Gasteiger partial charge in [-0.1, -0.05) is 63.8 Å². The van der Waals surface area contributed by atoms with Crippen LogP contribution in [0, 0.1) is 0 Å². The summed E-state index contributed by atoms with van der Waals surface area (Å²) in [5.41, 5.74) is 2.24. The van der Waals surface area contributed by atoms with Crippen molar-refractivity contribution in [3.63, 3.8) is 0 Å². The van der Waals surface area contributed by atoms with E-state index in [2.05, 4.69) is 64.1 Å². The maximum Gasteiger partial charge on any atom is 0.0112 e. The Morgan fingerprint density at radius 3 is 2.33 bits per heavy atom. The molecule has 2 atom stereocenters. The van der Waals surface area contributed by atoms with Crippen LogP contribution >= 0.6 is 7.92 Å². The molecule has 1 aromatic rings. The Hall–Kier alpha value is -0.610. The summed E-state index contributed by atoms with van der Waals surface area (Å²) in [5, 5.41) is 2.06. The summed E-state index contributed by atoms with van der Waals surface area (Å²) in [5.74, 6) is 0. The standard InChI is InChI=1S/C14H19P/c1-11(2)10-13-14(3,4)15(13)12-8-6-5-7-9-12/h5-10,13H,1-4H3. The molecule has 0 spiro atoms. The van der Waals surface area contributed by atoms with Crippen LogP contribution in [0.3, 0.4) is 0 Å². The van der Waals surface area contributed by atoms with Gasteiger partial charge in [-0.15, -0.1) is 0 Å². The third-order valence-corrected chi connectivity index (χ3v) is 6.53. The molecule has 1 aliphatic rings. The van der Waals surface area contributed by atoms with Crippen molar-refractivity contribution in [1.82, 2.24) is 0 Å². The molecule has 15 heavy (non-hydrogen) atoms. The van der Waals surface area contributed by atoms with Gasteiger partial charge in [0.1, 0.15) is 0 Å². The van der Waals surface area contributed by atoms with Crippen LogP contribution in [0.25, 0.3) is 0 Å². The third-order valence-electron chi connectivity index (χ3n) is 3.08. The topological polar surface area (TPSA) is 0 Å². The van der Waals surface area contributed by atoms with E-state index in [9.17, 15) is 0 Å². The van der Waals surface area contributed by atoms with Crippen LogP contribution in [-0.2, 0) is 0 Å². The largest absolute Gasteiger partial charge is 0.0797 e. The van der Waals surface area contributed by atoms with Crippen molar-refractivity contribution in [3.8, 4) is 0 Å². The van der Waals surface area contributed by atoms with Crippen molar-refractivity contribution in [2.24, 2.45) is 0 Å². The number of hydrogen-bond donors (Lipinski definition) is 0. The van der Waals surface area contributed by atoms with Gasteiger partial charge in [0, 0.05) is 10.8 Å². The lowest BCUT2D eigenvalue weighted by Crippen LogP contribution is -2.00. The van der Waals surface area contributed by atoms with Gasteiger partial charge in [0.2, 0.25) is 0 Å². The fraction of sp³-hybridized carbons (Fsp3) is 0.429. The molecule has 1 heterocycles. The highest BCUT2D eigenvalue weighted by Crippen LogP contribution is 2.74. The third kappa shape index (κ3) is 2.01. The number of rotatable bonds is 2. The van der Waals surface area contributed by atoms with Crippen molar-refractivity contribution < 1.29 is 0 Å². The minimum Gasteiger partial charge on any atom is -0.0797 e. The first-order chi connectivity index (χ1) is 7.03. The lowest BCUT2D eigenvalue weighted by atomic mass is 10.1. The summed E-state index contributed by atoms with van der Waals surface area (Å²) in [6.07, 6.45) is 2.46. The number of allylic oxidation sites excluding steroid dienone is 2. The maximum atomic E-state index is 2.46. The monoisotopic (exact) mass is 218 g/mol. The molecular weight excluding hydrogens is 199 g/mol. The SMILES string of the molecule is CC(C)=CC1P(c2ccccc2)C1(C)C. The van der Waals surface area contributed by atoms with Crippen LogP contribution in [0.5, 0.6) is 0 Å². The quantitative estimate of drug-likeness (QED) is 0.521. The lowest BCUT2D eigenvalue weighted by Gasteiger charge is -2.01. The van der Waals surface area contributed by atoms with E-state index in [1.165, 1.54) is 5.57 Å². The molecule has 80 valence electrons. The average Bonchev–Trinajstić information content (AvgIpc) is 2.68. The summed E-state index contributed by atoms with van der Waals surface area (Å²) < 4.78 is 0. The fourth-order valence-corrected chi connectivity index (χ4v) is 5.40. The molecular formula is C14H19P. The van der Waals surface area contributed by atoms with Crippen LogP contribution in [0.1, 0.15) is 27.7 Å². The Balaban J connectivity index is 2.24. The second-order valence-corrected chi connectivity index (χ2v) is 8.01. The fourth-order valence-electron chi connectivity index (χ4n) is 2.19. The predicted molar refractivity (Wildman–Crippen MR) is 70.3 cm³/mol. The molecule has 1 fully saturated rings. The second kappa shape index (κ2) is 3.76. The Bertz CT molecular complexity index is 372. The first-order valence-corrected chi connectivity index (χ1v) is 6.94. The van der Waals surface area contributed by atoms with Crippen molar-refractivity contribution >= 4 is 13.2 Å². The van der Waals surface area contributed by atoms with E-state index >= 15 is 0 Å². The van der Waals surface area contributed by atoms with E-state index in [-0.39, 0.29) is 7.92 Å². The molecule has 1 heteroatoms. The zero-order valence-electron chi connectivity index (χ0n) is 9.99. The zero-order chi connectivity index (χ0) is 11.1. The molecule has 0 radical (unpaired) electrons. The van der Waals surface area contributed by atoms with E-state index in [1.54, 1.807) is 5.30 Å². The van der Waals surface area contributed by atoms with Gasteiger partial charge < -0.3 is 0 Å². The lowest BCUT2D eigenvalue weighted by molar-refractivity contribution is 0.834. The van der Waals surface area contributed by atoms with Gasteiger partial charge in [0.25, 0.3) is 0 Å². The van der Waals surface area contributed by atoms with Crippen molar-refractivity contribution in [2.75, 3.05) is 0 Å². The number of benzene rings is 1. The van der Waals surface area contributed by atoms with Crippen molar-refractivity contribution in [3.05, 3.63) is 42.0 Å². The summed E-state index contributed by atoms with van der Waals surface area (Å²) in [6, 6.07) is 11.0. The van der Waals surface area contributed by atoms with Gasteiger partial charge in [-0.05, 0) is 19.2 Å². The summed E-state index contributed by atoms with van der Waals surface area (Å²) in [6.45, 7) is 9.20. The molecule has 0 saturated carbocycles. The van der Waals surface area contributed by atoms with Gasteiger partial charge in [-0.2, -0.15) is 0 Å². The van der Waals surface area contributed by atoms with Crippen LogP contribution in [0.15, 0.2) is 42.0 Å². The second-order valence-electron chi connectivity index (χ2n) is 5.05. The highest BCUT2D eigenvalue weighted by molar-refractivity contribution is 7.75. The van der Waals surface area contributed by atoms with Gasteiger partial charge in [0.15, 0.2) is 0 Å². The summed E-state index contributed by atoms with van der Waals surface area (Å²) in [7, 11) is 0.0388. The molecule has 0 aliphatic carbocycles. The number of hydrogen-bond acceptors (Lipinski definition) is 0. The normalized spacial score (nSPS) is 27.2. The molecule has 1 saturated heterocycles. The summed E-state index contributed by atoms with van der Waals surface area (Å²) >= 11 is 0. The van der Waals surface area contributed by atoms with Gasteiger partial charge in [0.05, 0.1) is 0 Å². The smallest absolute Gasteiger partial charge is 0.0112 e. The molecule has 2 unspecified atom stereocenters. The predicted octanol–water partition coefficient (Wildman–Crippen LogP) is 3.92.